The number of ketones is 2. The molecule has 0 atom stereocenters. The van der Waals surface area contributed by atoms with Crippen molar-refractivity contribution in [3.8, 4) is 0 Å². The number of Topliss-reactive ketones (excluding diaryl/α,β-unsaturated/α-hetero) is 2. The molecule has 0 amide bonds. The molecule has 3 rings (SSSR count). The molecule has 0 fully saturated rings. The van der Waals surface area contributed by atoms with E-state index in [1.807, 2.05) is 6.92 Å². The van der Waals surface area contributed by atoms with Gasteiger partial charge >= 0.3 is 0 Å². The van der Waals surface area contributed by atoms with E-state index in [0.29, 0.717) is 16.6 Å². The van der Waals surface area contributed by atoms with Crippen LogP contribution in [0.5, 0.6) is 0 Å². The van der Waals surface area contributed by atoms with Crippen molar-refractivity contribution in [1.82, 2.24) is 9.38 Å². The van der Waals surface area contributed by atoms with Crippen molar-refractivity contribution in [3.63, 3.8) is 0 Å². The molecule has 22 heavy (non-hydrogen) atoms. The fourth-order valence-corrected chi connectivity index (χ4v) is 2.62. The van der Waals surface area contributed by atoms with Crippen LogP contribution in [-0.4, -0.2) is 34.2 Å². The first-order valence-electron chi connectivity index (χ1n) is 7.16. The highest BCUT2D eigenvalue weighted by atomic mass is 16.5. The molecule has 0 bridgehead atoms. The average molecular weight is 300 g/mol. The Hall–Kier alpha value is -2.63. The molecule has 0 N–H and O–H groups in total. The smallest absolute Gasteiger partial charge is 0.234 e. The number of nitrogens with zero attached hydrogens (tertiary/aromatic N) is 2. The standard InChI is InChI=1S/C16H16N2O4/c1-4-21-15-13(19)10-6-7-18-9(3)17-8-11(18)12(10)14(20)16(15)22-5-2/h6-8H,4-5H2,1-3H3. The van der Waals surface area contributed by atoms with E-state index in [9.17, 15) is 9.59 Å². The highest BCUT2D eigenvalue weighted by Crippen LogP contribution is 2.30. The van der Waals surface area contributed by atoms with Crippen LogP contribution in [0.4, 0.5) is 0 Å². The Morgan fingerprint density at radius 1 is 1.09 bits per heavy atom. The first kappa shape index (κ1) is 14.3. The molecule has 0 unspecified atom stereocenters. The Morgan fingerprint density at radius 2 is 1.73 bits per heavy atom. The topological polar surface area (TPSA) is 69.9 Å². The van der Waals surface area contributed by atoms with Crippen molar-refractivity contribution in [2.45, 2.75) is 20.8 Å². The molecule has 2 aromatic rings. The first-order chi connectivity index (χ1) is 10.6. The molecule has 0 aliphatic heterocycles. The van der Waals surface area contributed by atoms with Crippen LogP contribution in [0.1, 0.15) is 40.4 Å². The van der Waals surface area contributed by atoms with E-state index in [-0.39, 0.29) is 36.3 Å². The third kappa shape index (κ3) is 1.91. The van der Waals surface area contributed by atoms with Gasteiger partial charge in [0.25, 0.3) is 0 Å². The van der Waals surface area contributed by atoms with Gasteiger partial charge in [-0.1, -0.05) is 0 Å². The van der Waals surface area contributed by atoms with E-state index in [1.54, 1.807) is 36.7 Å². The summed E-state index contributed by atoms with van der Waals surface area (Å²) in [6.45, 7) is 5.91. The Bertz CT molecular complexity index is 817. The number of imidazole rings is 1. The van der Waals surface area contributed by atoms with Crippen LogP contribution in [-0.2, 0) is 9.47 Å². The lowest BCUT2D eigenvalue weighted by atomic mass is 9.92. The van der Waals surface area contributed by atoms with Crippen LogP contribution >= 0.6 is 0 Å². The molecule has 0 spiro atoms. The quantitative estimate of drug-likeness (QED) is 0.866. The van der Waals surface area contributed by atoms with E-state index in [1.165, 1.54) is 0 Å². The van der Waals surface area contributed by atoms with E-state index in [2.05, 4.69) is 4.98 Å². The predicted molar refractivity (Wildman–Crippen MR) is 78.9 cm³/mol. The zero-order valence-corrected chi connectivity index (χ0v) is 12.7. The van der Waals surface area contributed by atoms with Crippen LogP contribution in [0.25, 0.3) is 5.52 Å². The number of aryl methyl sites for hydroxylation is 1. The van der Waals surface area contributed by atoms with Gasteiger partial charge in [-0.05, 0) is 26.8 Å². The zero-order valence-electron chi connectivity index (χ0n) is 12.7. The number of rotatable bonds is 4. The third-order valence-electron chi connectivity index (χ3n) is 3.57. The summed E-state index contributed by atoms with van der Waals surface area (Å²) in [6.07, 6.45) is 3.32. The molecule has 2 heterocycles. The molecule has 1 aliphatic rings. The van der Waals surface area contributed by atoms with E-state index in [4.69, 9.17) is 9.47 Å². The van der Waals surface area contributed by atoms with Crippen molar-refractivity contribution in [2.75, 3.05) is 13.2 Å². The summed E-state index contributed by atoms with van der Waals surface area (Å²) in [5.74, 6) is 0.0403. The molecule has 6 heteroatoms. The second kappa shape index (κ2) is 5.29. The summed E-state index contributed by atoms with van der Waals surface area (Å²) < 4.78 is 12.5. The number of allylic oxidation sites excluding steroid dienone is 2. The van der Waals surface area contributed by atoms with Gasteiger partial charge in [0, 0.05) is 11.8 Å². The number of fused-ring (bicyclic) bond motifs is 3. The molecule has 0 radical (unpaired) electrons. The molecule has 0 aromatic carbocycles. The van der Waals surface area contributed by atoms with Gasteiger partial charge in [-0.25, -0.2) is 4.98 Å². The van der Waals surface area contributed by atoms with E-state index in [0.717, 1.165) is 5.82 Å². The van der Waals surface area contributed by atoms with Crippen LogP contribution in [0.2, 0.25) is 0 Å². The molecule has 1 aliphatic carbocycles. The van der Waals surface area contributed by atoms with Gasteiger partial charge in [-0.2, -0.15) is 0 Å². The minimum Gasteiger partial charge on any atom is -0.486 e. The Labute approximate surface area is 127 Å². The summed E-state index contributed by atoms with van der Waals surface area (Å²) in [5, 5.41) is 0. The van der Waals surface area contributed by atoms with Crippen LogP contribution in [0.3, 0.4) is 0 Å². The molecule has 6 nitrogen and oxygen atoms in total. The van der Waals surface area contributed by atoms with Crippen molar-refractivity contribution in [3.05, 3.63) is 46.9 Å². The van der Waals surface area contributed by atoms with Crippen molar-refractivity contribution >= 4 is 17.1 Å². The lowest BCUT2D eigenvalue weighted by molar-refractivity contribution is 0.0772. The number of aromatic nitrogens is 2. The van der Waals surface area contributed by atoms with Gasteiger partial charge in [0.1, 0.15) is 5.82 Å². The maximum absolute atomic E-state index is 12.8. The lowest BCUT2D eigenvalue weighted by Gasteiger charge is -2.21. The fraction of sp³-hybridized carbons (Fsp3) is 0.312. The Kier molecular flexibility index (Phi) is 3.44. The molecular weight excluding hydrogens is 284 g/mol. The largest absolute Gasteiger partial charge is 0.486 e. The van der Waals surface area contributed by atoms with Crippen molar-refractivity contribution in [2.24, 2.45) is 0 Å². The summed E-state index contributed by atoms with van der Waals surface area (Å²) in [5.41, 5.74) is 1.24. The van der Waals surface area contributed by atoms with E-state index >= 15 is 0 Å². The minimum atomic E-state index is -0.342. The monoisotopic (exact) mass is 300 g/mol. The minimum absolute atomic E-state index is 0.0116. The third-order valence-corrected chi connectivity index (χ3v) is 3.57. The zero-order chi connectivity index (χ0) is 15.9. The maximum Gasteiger partial charge on any atom is 0.234 e. The van der Waals surface area contributed by atoms with Crippen molar-refractivity contribution < 1.29 is 19.1 Å². The van der Waals surface area contributed by atoms with Gasteiger partial charge in [0.05, 0.1) is 30.5 Å². The number of carbonyl (C=O) groups excluding carboxylic acids is 2. The maximum atomic E-state index is 12.8. The number of hydrogen-bond acceptors (Lipinski definition) is 5. The average Bonchev–Trinajstić information content (AvgIpc) is 2.89. The second-order valence-corrected chi connectivity index (χ2v) is 4.85. The van der Waals surface area contributed by atoms with Gasteiger partial charge in [0.2, 0.25) is 23.1 Å². The second-order valence-electron chi connectivity index (χ2n) is 4.85. The van der Waals surface area contributed by atoms with E-state index < -0.39 is 0 Å². The lowest BCUT2D eigenvalue weighted by Crippen LogP contribution is -2.26. The summed E-state index contributed by atoms with van der Waals surface area (Å²) >= 11 is 0. The number of pyridine rings is 1. The Balaban J connectivity index is 2.28. The molecule has 114 valence electrons. The summed E-state index contributed by atoms with van der Waals surface area (Å²) in [6, 6.07) is 1.62. The molecule has 0 saturated carbocycles. The number of hydrogen-bond donors (Lipinski definition) is 0. The normalized spacial score (nSPS) is 14.5. The summed E-state index contributed by atoms with van der Waals surface area (Å²) in [7, 11) is 0. The van der Waals surface area contributed by atoms with Gasteiger partial charge in [-0.15, -0.1) is 0 Å². The van der Waals surface area contributed by atoms with Crippen molar-refractivity contribution in [1.29, 1.82) is 0 Å². The molecular formula is C16H16N2O4. The van der Waals surface area contributed by atoms with Crippen LogP contribution < -0.4 is 0 Å². The molecule has 2 aromatic heterocycles. The van der Waals surface area contributed by atoms with Crippen LogP contribution in [0.15, 0.2) is 30.0 Å². The highest BCUT2D eigenvalue weighted by Gasteiger charge is 2.36. The fourth-order valence-electron chi connectivity index (χ4n) is 2.62. The summed E-state index contributed by atoms with van der Waals surface area (Å²) in [4.78, 5) is 29.6. The number of carbonyl (C=O) groups is 2. The van der Waals surface area contributed by atoms with Gasteiger partial charge in [-0.3, -0.25) is 9.59 Å². The van der Waals surface area contributed by atoms with Gasteiger partial charge < -0.3 is 13.9 Å². The SMILES string of the molecule is CCOC1=C(OCC)C(=O)c2c(ccn3c(C)ncc23)C1=O. The molecule has 0 saturated heterocycles. The van der Waals surface area contributed by atoms with Crippen LogP contribution in [0, 0.1) is 6.92 Å². The highest BCUT2D eigenvalue weighted by molar-refractivity contribution is 6.27. The predicted octanol–water partition coefficient (Wildman–Crippen LogP) is 2.31. The Morgan fingerprint density at radius 3 is 2.36 bits per heavy atom. The van der Waals surface area contributed by atoms with Gasteiger partial charge in [0.15, 0.2) is 0 Å². The first-order valence-corrected chi connectivity index (χ1v) is 7.16. The number of ether oxygens (including phenoxy) is 2.